The van der Waals surface area contributed by atoms with E-state index in [1.165, 1.54) is 0 Å². The van der Waals surface area contributed by atoms with Crippen LogP contribution in [-0.4, -0.2) is 14.5 Å². The number of furan rings is 1. The summed E-state index contributed by atoms with van der Waals surface area (Å²) in [5.41, 5.74) is 8.96. The first-order valence-electron chi connectivity index (χ1n) is 6.22. The Morgan fingerprint density at radius 3 is 2.84 bits per heavy atom. The summed E-state index contributed by atoms with van der Waals surface area (Å²) in [5.74, 6) is 2.32. The highest BCUT2D eigenvalue weighted by molar-refractivity contribution is 5.77. The van der Waals surface area contributed by atoms with Gasteiger partial charge in [0.15, 0.2) is 0 Å². The van der Waals surface area contributed by atoms with Crippen LogP contribution in [0.25, 0.3) is 11.0 Å². The van der Waals surface area contributed by atoms with Crippen LogP contribution in [0.4, 0.5) is 5.95 Å². The second-order valence-corrected chi connectivity index (χ2v) is 4.75. The zero-order valence-electron chi connectivity index (χ0n) is 11.2. The highest BCUT2D eigenvalue weighted by atomic mass is 16.3. The van der Waals surface area contributed by atoms with Gasteiger partial charge in [-0.1, -0.05) is 0 Å². The monoisotopic (exact) mass is 256 g/mol. The Labute approximate surface area is 111 Å². The van der Waals surface area contributed by atoms with Crippen molar-refractivity contribution < 1.29 is 4.42 Å². The molecule has 0 radical (unpaired) electrons. The molecule has 1 unspecified atom stereocenters. The Morgan fingerprint density at radius 2 is 2.16 bits per heavy atom. The molecule has 3 heterocycles. The van der Waals surface area contributed by atoms with Crippen LogP contribution in [0.1, 0.15) is 30.0 Å². The lowest BCUT2D eigenvalue weighted by Crippen LogP contribution is -2.10. The third kappa shape index (κ3) is 1.78. The van der Waals surface area contributed by atoms with Crippen LogP contribution in [-0.2, 0) is 0 Å². The number of pyridine rings is 1. The van der Waals surface area contributed by atoms with Crippen molar-refractivity contribution in [2.24, 2.45) is 0 Å². The van der Waals surface area contributed by atoms with E-state index in [9.17, 15) is 0 Å². The molecule has 3 aromatic heterocycles. The fraction of sp³-hybridized carbons (Fsp3) is 0.286. The highest BCUT2D eigenvalue weighted by Gasteiger charge is 2.19. The third-order valence-corrected chi connectivity index (χ3v) is 3.44. The molecule has 0 aliphatic rings. The number of imidazole rings is 1. The van der Waals surface area contributed by atoms with Gasteiger partial charge in [0.05, 0.1) is 17.8 Å². The van der Waals surface area contributed by atoms with Gasteiger partial charge in [-0.3, -0.25) is 4.98 Å². The summed E-state index contributed by atoms with van der Waals surface area (Å²) in [5, 5.41) is 0. The summed E-state index contributed by atoms with van der Waals surface area (Å²) in [6, 6.07) is 4.05. The molecular weight excluding hydrogens is 240 g/mol. The maximum atomic E-state index is 6.04. The smallest absolute Gasteiger partial charge is 0.201 e. The molecular formula is C14H16N4O. The minimum atomic E-state index is 0.0739. The van der Waals surface area contributed by atoms with Crippen molar-refractivity contribution in [3.8, 4) is 0 Å². The number of hydrogen-bond acceptors (Lipinski definition) is 4. The van der Waals surface area contributed by atoms with Crippen molar-refractivity contribution in [2.45, 2.75) is 26.8 Å². The van der Waals surface area contributed by atoms with E-state index in [0.717, 1.165) is 28.1 Å². The summed E-state index contributed by atoms with van der Waals surface area (Å²) in [4.78, 5) is 8.41. The quantitative estimate of drug-likeness (QED) is 0.765. The van der Waals surface area contributed by atoms with Gasteiger partial charge in [-0.05, 0) is 32.9 Å². The highest BCUT2D eigenvalue weighted by Crippen LogP contribution is 2.30. The number of hydrogen-bond donors (Lipinski definition) is 1. The molecule has 2 N–H and O–H groups in total. The Morgan fingerprint density at radius 1 is 1.37 bits per heavy atom. The largest absolute Gasteiger partial charge is 0.466 e. The molecule has 1 atom stereocenters. The van der Waals surface area contributed by atoms with Crippen molar-refractivity contribution in [3.63, 3.8) is 0 Å². The SMILES string of the molecule is Cc1cc(C(C)n2c(N)nc3cnccc32)c(C)o1. The van der Waals surface area contributed by atoms with Crippen LogP contribution >= 0.6 is 0 Å². The van der Waals surface area contributed by atoms with Crippen LogP contribution in [0.5, 0.6) is 0 Å². The molecule has 3 rings (SSSR count). The minimum absolute atomic E-state index is 0.0739. The lowest BCUT2D eigenvalue weighted by atomic mass is 10.1. The second kappa shape index (κ2) is 4.12. The predicted octanol–water partition coefficient (Wildman–Crippen LogP) is 2.83. The summed E-state index contributed by atoms with van der Waals surface area (Å²) < 4.78 is 7.61. The minimum Gasteiger partial charge on any atom is -0.466 e. The van der Waals surface area contributed by atoms with E-state index < -0.39 is 0 Å². The van der Waals surface area contributed by atoms with Gasteiger partial charge in [-0.2, -0.15) is 0 Å². The molecule has 0 aromatic carbocycles. The Balaban J connectivity index is 2.19. The van der Waals surface area contributed by atoms with Crippen LogP contribution < -0.4 is 5.73 Å². The maximum absolute atomic E-state index is 6.04. The number of fused-ring (bicyclic) bond motifs is 1. The number of nitrogens with two attached hydrogens (primary N) is 1. The zero-order valence-corrected chi connectivity index (χ0v) is 11.2. The van der Waals surface area contributed by atoms with Gasteiger partial charge in [0.25, 0.3) is 0 Å². The van der Waals surface area contributed by atoms with Crippen molar-refractivity contribution in [1.29, 1.82) is 0 Å². The average molecular weight is 256 g/mol. The molecule has 0 saturated carbocycles. The first kappa shape index (κ1) is 11.8. The topological polar surface area (TPSA) is 69.9 Å². The van der Waals surface area contributed by atoms with Crippen molar-refractivity contribution >= 4 is 17.0 Å². The molecule has 0 saturated heterocycles. The average Bonchev–Trinajstić information content (AvgIpc) is 2.87. The van der Waals surface area contributed by atoms with E-state index in [4.69, 9.17) is 10.2 Å². The van der Waals surface area contributed by atoms with Gasteiger partial charge < -0.3 is 14.7 Å². The summed E-state index contributed by atoms with van der Waals surface area (Å²) >= 11 is 0. The molecule has 3 aromatic rings. The van der Waals surface area contributed by atoms with E-state index in [2.05, 4.69) is 16.9 Å². The van der Waals surface area contributed by atoms with Gasteiger partial charge in [0.1, 0.15) is 17.0 Å². The molecule has 0 bridgehead atoms. The predicted molar refractivity (Wildman–Crippen MR) is 73.9 cm³/mol. The second-order valence-electron chi connectivity index (χ2n) is 4.75. The van der Waals surface area contributed by atoms with Crippen molar-refractivity contribution in [1.82, 2.24) is 14.5 Å². The van der Waals surface area contributed by atoms with Crippen LogP contribution in [0, 0.1) is 13.8 Å². The normalized spacial score (nSPS) is 13.0. The number of aromatic nitrogens is 3. The molecule has 0 spiro atoms. The first-order chi connectivity index (χ1) is 9.08. The Kier molecular flexibility index (Phi) is 2.55. The standard InChI is InChI=1S/C14H16N4O/c1-8-6-11(10(3)19-8)9(2)18-13-4-5-16-7-12(13)17-14(18)15/h4-7,9H,1-3H3,(H2,15,17). The van der Waals surface area contributed by atoms with Crippen molar-refractivity contribution in [2.75, 3.05) is 5.73 Å². The molecule has 19 heavy (non-hydrogen) atoms. The van der Waals surface area contributed by atoms with E-state index in [-0.39, 0.29) is 6.04 Å². The molecule has 0 fully saturated rings. The summed E-state index contributed by atoms with van der Waals surface area (Å²) in [6.45, 7) is 6.01. The maximum Gasteiger partial charge on any atom is 0.201 e. The molecule has 5 nitrogen and oxygen atoms in total. The van der Waals surface area contributed by atoms with Gasteiger partial charge in [0.2, 0.25) is 5.95 Å². The zero-order chi connectivity index (χ0) is 13.6. The van der Waals surface area contributed by atoms with Gasteiger partial charge in [0, 0.05) is 11.8 Å². The Bertz CT molecular complexity index is 741. The number of nitrogens with zero attached hydrogens (tertiary/aromatic N) is 3. The number of rotatable bonds is 2. The van der Waals surface area contributed by atoms with Gasteiger partial charge in [-0.15, -0.1) is 0 Å². The van der Waals surface area contributed by atoms with E-state index >= 15 is 0 Å². The van der Waals surface area contributed by atoms with Gasteiger partial charge >= 0.3 is 0 Å². The number of nitrogen functional groups attached to an aromatic ring is 1. The van der Waals surface area contributed by atoms with Crippen molar-refractivity contribution in [3.05, 3.63) is 41.6 Å². The lowest BCUT2D eigenvalue weighted by Gasteiger charge is -2.15. The molecule has 0 aliphatic carbocycles. The van der Waals surface area contributed by atoms with Crippen LogP contribution in [0.15, 0.2) is 28.9 Å². The fourth-order valence-corrected chi connectivity index (χ4v) is 2.58. The fourth-order valence-electron chi connectivity index (χ4n) is 2.58. The lowest BCUT2D eigenvalue weighted by molar-refractivity contribution is 0.495. The van der Waals surface area contributed by atoms with E-state index in [0.29, 0.717) is 5.95 Å². The number of anilines is 1. The Hall–Kier alpha value is -2.30. The van der Waals surface area contributed by atoms with E-state index in [1.807, 2.05) is 30.5 Å². The molecule has 5 heteroatoms. The molecule has 0 amide bonds. The molecule has 98 valence electrons. The first-order valence-corrected chi connectivity index (χ1v) is 6.22. The van der Waals surface area contributed by atoms with Crippen LogP contribution in [0.2, 0.25) is 0 Å². The van der Waals surface area contributed by atoms with E-state index in [1.54, 1.807) is 12.4 Å². The third-order valence-electron chi connectivity index (χ3n) is 3.44. The summed E-state index contributed by atoms with van der Waals surface area (Å²) in [7, 11) is 0. The van der Waals surface area contributed by atoms with Crippen LogP contribution in [0.3, 0.4) is 0 Å². The van der Waals surface area contributed by atoms with Gasteiger partial charge in [-0.25, -0.2) is 4.98 Å². The summed E-state index contributed by atoms with van der Waals surface area (Å²) in [6.07, 6.45) is 3.47. The molecule has 0 aliphatic heterocycles. The number of aryl methyl sites for hydroxylation is 2.